The van der Waals surface area contributed by atoms with Crippen LogP contribution < -0.4 is 20.2 Å². The number of ether oxygens (including phenoxy) is 2. The van der Waals surface area contributed by atoms with Gasteiger partial charge in [-0.15, -0.1) is 0 Å². The minimum atomic E-state index is -0.286. The molecule has 0 radical (unpaired) electrons. The SMILES string of the molecule is Cc1ccc2[nH]c(C(=O)NCCCCOc3ccc(OCc4ccccc4)cc3)cc(=O)c2c1. The smallest absolute Gasteiger partial charge is 0.267 e. The third-order valence-electron chi connectivity index (χ3n) is 5.43. The van der Waals surface area contributed by atoms with Gasteiger partial charge in [0.2, 0.25) is 0 Å². The van der Waals surface area contributed by atoms with Crippen LogP contribution in [0.3, 0.4) is 0 Å². The second-order valence-electron chi connectivity index (χ2n) is 8.15. The monoisotopic (exact) mass is 456 g/mol. The third-order valence-corrected chi connectivity index (χ3v) is 5.43. The molecule has 174 valence electrons. The number of fused-ring (bicyclic) bond motifs is 1. The molecule has 34 heavy (non-hydrogen) atoms. The lowest BCUT2D eigenvalue weighted by atomic mass is 10.1. The van der Waals surface area contributed by atoms with Crippen LogP contribution in [0.2, 0.25) is 0 Å². The molecule has 1 amide bonds. The molecule has 6 heteroatoms. The zero-order valence-corrected chi connectivity index (χ0v) is 19.2. The maximum atomic E-state index is 12.4. The van der Waals surface area contributed by atoms with Crippen molar-refractivity contribution in [3.8, 4) is 11.5 Å². The molecule has 3 aromatic carbocycles. The first-order valence-electron chi connectivity index (χ1n) is 11.4. The molecule has 0 bridgehead atoms. The van der Waals surface area contributed by atoms with Crippen molar-refractivity contribution in [2.24, 2.45) is 0 Å². The van der Waals surface area contributed by atoms with E-state index in [2.05, 4.69) is 10.3 Å². The van der Waals surface area contributed by atoms with Gasteiger partial charge in [-0.05, 0) is 61.7 Å². The summed E-state index contributed by atoms with van der Waals surface area (Å²) in [4.78, 5) is 27.8. The summed E-state index contributed by atoms with van der Waals surface area (Å²) >= 11 is 0. The number of unbranched alkanes of at least 4 members (excludes halogenated alkanes) is 1. The molecule has 0 aliphatic carbocycles. The molecule has 0 fully saturated rings. The van der Waals surface area contributed by atoms with Crippen LogP contribution in [0.15, 0.2) is 83.7 Å². The molecular formula is C28H28N2O4. The summed E-state index contributed by atoms with van der Waals surface area (Å²) in [5.41, 5.74) is 2.90. The van der Waals surface area contributed by atoms with Gasteiger partial charge in [-0.25, -0.2) is 0 Å². The second kappa shape index (κ2) is 11.2. The highest BCUT2D eigenvalue weighted by atomic mass is 16.5. The van der Waals surface area contributed by atoms with E-state index < -0.39 is 0 Å². The van der Waals surface area contributed by atoms with E-state index in [0.717, 1.165) is 35.5 Å². The summed E-state index contributed by atoms with van der Waals surface area (Å²) in [5.74, 6) is 1.28. The maximum absolute atomic E-state index is 12.4. The fourth-order valence-electron chi connectivity index (χ4n) is 3.57. The Morgan fingerprint density at radius 3 is 2.38 bits per heavy atom. The van der Waals surface area contributed by atoms with Gasteiger partial charge in [-0.1, -0.05) is 42.0 Å². The number of aromatic nitrogens is 1. The van der Waals surface area contributed by atoms with E-state index in [1.807, 2.05) is 79.7 Å². The second-order valence-corrected chi connectivity index (χ2v) is 8.15. The van der Waals surface area contributed by atoms with Gasteiger partial charge >= 0.3 is 0 Å². The number of carbonyl (C=O) groups is 1. The average molecular weight is 457 g/mol. The summed E-state index contributed by atoms with van der Waals surface area (Å²) in [6, 6.07) is 24.5. The Balaban J connectivity index is 1.16. The number of pyridine rings is 1. The molecular weight excluding hydrogens is 428 g/mol. The van der Waals surface area contributed by atoms with Gasteiger partial charge in [0, 0.05) is 23.5 Å². The number of H-pyrrole nitrogens is 1. The van der Waals surface area contributed by atoms with Gasteiger partial charge in [-0.3, -0.25) is 9.59 Å². The molecule has 0 aliphatic heterocycles. The van der Waals surface area contributed by atoms with Crippen molar-refractivity contribution in [3.63, 3.8) is 0 Å². The van der Waals surface area contributed by atoms with E-state index in [-0.39, 0.29) is 17.0 Å². The van der Waals surface area contributed by atoms with Crippen LogP contribution >= 0.6 is 0 Å². The van der Waals surface area contributed by atoms with Crippen molar-refractivity contribution in [1.29, 1.82) is 0 Å². The average Bonchev–Trinajstić information content (AvgIpc) is 2.86. The van der Waals surface area contributed by atoms with Gasteiger partial charge in [0.05, 0.1) is 6.61 Å². The first kappa shape index (κ1) is 23.1. The highest BCUT2D eigenvalue weighted by Gasteiger charge is 2.09. The fraction of sp³-hybridized carbons (Fsp3) is 0.214. The first-order valence-corrected chi connectivity index (χ1v) is 11.4. The van der Waals surface area contributed by atoms with Gasteiger partial charge in [0.15, 0.2) is 5.43 Å². The number of benzene rings is 3. The number of carbonyl (C=O) groups excluding carboxylic acids is 1. The lowest BCUT2D eigenvalue weighted by Crippen LogP contribution is -2.26. The number of aryl methyl sites for hydroxylation is 1. The lowest BCUT2D eigenvalue weighted by Gasteiger charge is -2.09. The van der Waals surface area contributed by atoms with E-state index in [0.29, 0.717) is 30.7 Å². The Labute approximate surface area is 198 Å². The first-order chi connectivity index (χ1) is 16.6. The maximum Gasteiger partial charge on any atom is 0.267 e. The van der Waals surface area contributed by atoms with E-state index in [9.17, 15) is 9.59 Å². The van der Waals surface area contributed by atoms with Crippen LogP contribution in [0.4, 0.5) is 0 Å². The Bertz CT molecular complexity index is 1300. The molecule has 4 rings (SSSR count). The molecule has 0 saturated heterocycles. The van der Waals surface area contributed by atoms with E-state index in [4.69, 9.17) is 9.47 Å². The highest BCUT2D eigenvalue weighted by molar-refractivity contribution is 5.94. The quantitative estimate of drug-likeness (QED) is 0.329. The molecule has 1 heterocycles. The number of aromatic amines is 1. The van der Waals surface area contributed by atoms with Crippen LogP contribution in [-0.2, 0) is 6.61 Å². The topological polar surface area (TPSA) is 80.4 Å². The van der Waals surface area contributed by atoms with Crippen LogP contribution in [0.25, 0.3) is 10.9 Å². The van der Waals surface area contributed by atoms with Gasteiger partial charge in [-0.2, -0.15) is 0 Å². The number of amides is 1. The van der Waals surface area contributed by atoms with E-state index >= 15 is 0 Å². The zero-order chi connectivity index (χ0) is 23.8. The molecule has 1 aromatic heterocycles. The number of hydrogen-bond donors (Lipinski definition) is 2. The summed E-state index contributed by atoms with van der Waals surface area (Å²) in [6.07, 6.45) is 1.56. The molecule has 0 saturated carbocycles. The number of nitrogens with one attached hydrogen (secondary N) is 2. The Kier molecular flexibility index (Phi) is 7.60. The molecule has 0 aliphatic rings. The van der Waals surface area contributed by atoms with Crippen LogP contribution in [0.1, 0.15) is 34.5 Å². The third kappa shape index (κ3) is 6.25. The van der Waals surface area contributed by atoms with Crippen LogP contribution in [0, 0.1) is 6.92 Å². The largest absolute Gasteiger partial charge is 0.494 e. The zero-order valence-electron chi connectivity index (χ0n) is 19.2. The van der Waals surface area contributed by atoms with Crippen LogP contribution in [0.5, 0.6) is 11.5 Å². The summed E-state index contributed by atoms with van der Waals surface area (Å²) in [6.45, 7) is 3.51. The fourth-order valence-corrected chi connectivity index (χ4v) is 3.57. The normalized spacial score (nSPS) is 10.7. The summed E-state index contributed by atoms with van der Waals surface area (Å²) < 4.78 is 11.6. The van der Waals surface area contributed by atoms with Crippen LogP contribution in [-0.4, -0.2) is 24.0 Å². The van der Waals surface area contributed by atoms with Crippen molar-refractivity contribution in [2.75, 3.05) is 13.2 Å². The Morgan fingerprint density at radius 2 is 1.62 bits per heavy atom. The summed E-state index contributed by atoms with van der Waals surface area (Å²) in [5, 5.41) is 3.44. The van der Waals surface area contributed by atoms with Crippen molar-refractivity contribution < 1.29 is 14.3 Å². The predicted octanol–water partition coefficient (Wildman–Crippen LogP) is 5.00. The van der Waals surface area contributed by atoms with E-state index in [1.54, 1.807) is 0 Å². The summed E-state index contributed by atoms with van der Waals surface area (Å²) in [7, 11) is 0. The number of hydrogen-bond acceptors (Lipinski definition) is 4. The molecule has 6 nitrogen and oxygen atoms in total. The van der Waals surface area contributed by atoms with Crippen molar-refractivity contribution in [3.05, 3.63) is 106 Å². The van der Waals surface area contributed by atoms with Crippen molar-refractivity contribution in [1.82, 2.24) is 10.3 Å². The molecule has 4 aromatic rings. The standard InChI is InChI=1S/C28H28N2O4/c1-20-9-14-25-24(17-20)27(31)18-26(30-25)28(32)29-15-5-6-16-33-22-10-12-23(13-11-22)34-19-21-7-3-2-4-8-21/h2-4,7-14,17-18H,5-6,15-16,19H2,1H3,(H,29,32)(H,30,31). The molecule has 0 spiro atoms. The Morgan fingerprint density at radius 1 is 0.882 bits per heavy atom. The molecule has 0 atom stereocenters. The molecule has 0 unspecified atom stereocenters. The van der Waals surface area contributed by atoms with E-state index in [1.165, 1.54) is 6.07 Å². The van der Waals surface area contributed by atoms with Crippen molar-refractivity contribution in [2.45, 2.75) is 26.4 Å². The van der Waals surface area contributed by atoms with Gasteiger partial charge in [0.1, 0.15) is 23.8 Å². The lowest BCUT2D eigenvalue weighted by molar-refractivity contribution is 0.0947. The van der Waals surface area contributed by atoms with Gasteiger partial charge in [0.25, 0.3) is 5.91 Å². The number of rotatable bonds is 10. The van der Waals surface area contributed by atoms with Crippen molar-refractivity contribution >= 4 is 16.8 Å². The van der Waals surface area contributed by atoms with Gasteiger partial charge < -0.3 is 19.8 Å². The Hall–Kier alpha value is -4.06. The molecule has 2 N–H and O–H groups in total. The minimum Gasteiger partial charge on any atom is -0.494 e. The highest BCUT2D eigenvalue weighted by Crippen LogP contribution is 2.19. The predicted molar refractivity (Wildman–Crippen MR) is 134 cm³/mol. The minimum absolute atomic E-state index is 0.160.